The smallest absolute Gasteiger partial charge is 0.191 e. The van der Waals surface area contributed by atoms with Gasteiger partial charge in [-0.3, -0.25) is 4.68 Å². The number of aromatic nitrogens is 2. The molecule has 0 amide bonds. The van der Waals surface area contributed by atoms with E-state index in [9.17, 15) is 8.42 Å². The summed E-state index contributed by atoms with van der Waals surface area (Å²) in [6.07, 6.45) is 8.32. The van der Waals surface area contributed by atoms with E-state index in [1.807, 2.05) is 26.0 Å². The monoisotopic (exact) mass is 545 g/mol. The molecular weight excluding hydrogens is 513 g/mol. The highest BCUT2D eigenvalue weighted by atomic mass is 127. The van der Waals surface area contributed by atoms with E-state index in [1.165, 1.54) is 31.9 Å². The number of nitrogens with one attached hydrogen (secondary N) is 2. The molecule has 1 aromatic heterocycles. The third-order valence-electron chi connectivity index (χ3n) is 5.20. The van der Waals surface area contributed by atoms with E-state index in [0.717, 1.165) is 23.4 Å². The number of halogens is 1. The van der Waals surface area contributed by atoms with Crippen LogP contribution in [0.15, 0.2) is 40.4 Å². The molecule has 3 rings (SSSR count). The fraction of sp³-hybridized carbons (Fsp3) is 0.524. The number of aryl methyl sites for hydroxylation is 1. The second kappa shape index (κ2) is 11.1. The van der Waals surface area contributed by atoms with Gasteiger partial charge < -0.3 is 10.6 Å². The molecule has 7 nitrogen and oxygen atoms in total. The van der Waals surface area contributed by atoms with Gasteiger partial charge in [-0.15, -0.1) is 24.0 Å². The van der Waals surface area contributed by atoms with Crippen LogP contribution in [0.2, 0.25) is 0 Å². The summed E-state index contributed by atoms with van der Waals surface area (Å²) >= 11 is 0. The Balaban J connectivity index is 0.00000320. The Kier molecular flexibility index (Phi) is 9.14. The van der Waals surface area contributed by atoms with Crippen LogP contribution in [0.1, 0.15) is 55.5 Å². The van der Waals surface area contributed by atoms with Crippen molar-refractivity contribution in [2.45, 2.75) is 63.6 Å². The third kappa shape index (κ3) is 6.69. The Bertz CT molecular complexity index is 966. The van der Waals surface area contributed by atoms with Gasteiger partial charge in [-0.25, -0.2) is 13.4 Å². The van der Waals surface area contributed by atoms with E-state index in [-0.39, 0.29) is 24.0 Å². The van der Waals surface area contributed by atoms with Gasteiger partial charge in [0, 0.05) is 19.0 Å². The van der Waals surface area contributed by atoms with Gasteiger partial charge in [-0.1, -0.05) is 25.0 Å². The SMILES string of the molecule is CCNC(=NCc1ccc(S(C)(=O)=O)c(C)c1)NCc1ccn(C2CCCC2)n1.I. The van der Waals surface area contributed by atoms with Gasteiger partial charge in [0.2, 0.25) is 0 Å². The van der Waals surface area contributed by atoms with Crippen molar-refractivity contribution in [2.75, 3.05) is 12.8 Å². The molecule has 9 heteroatoms. The molecule has 30 heavy (non-hydrogen) atoms. The molecule has 1 heterocycles. The molecule has 1 saturated carbocycles. The van der Waals surface area contributed by atoms with E-state index >= 15 is 0 Å². The largest absolute Gasteiger partial charge is 0.357 e. The van der Waals surface area contributed by atoms with Crippen molar-refractivity contribution in [3.05, 3.63) is 47.3 Å². The fourth-order valence-corrected chi connectivity index (χ4v) is 4.72. The molecule has 1 aliphatic carbocycles. The first kappa shape index (κ1) is 24.6. The van der Waals surface area contributed by atoms with Gasteiger partial charge in [-0.05, 0) is 49.9 Å². The molecule has 2 N–H and O–H groups in total. The Morgan fingerprint density at radius 1 is 1.23 bits per heavy atom. The molecule has 166 valence electrons. The Morgan fingerprint density at radius 2 is 1.97 bits per heavy atom. The highest BCUT2D eigenvalue weighted by Crippen LogP contribution is 2.28. The standard InChI is InChI=1S/C21H31N5O2S.HI/c1-4-22-21(23-14-17-9-10-20(16(2)13-17)29(3,27)28)24-15-18-11-12-26(25-18)19-7-5-6-8-19;/h9-13,19H,4-8,14-15H2,1-3H3,(H2,22,23,24);1H. The zero-order valence-corrected chi connectivity index (χ0v) is 21.0. The van der Waals surface area contributed by atoms with E-state index in [0.29, 0.717) is 30.0 Å². The normalized spacial score (nSPS) is 15.1. The van der Waals surface area contributed by atoms with Crippen LogP contribution < -0.4 is 10.6 Å². The minimum Gasteiger partial charge on any atom is -0.357 e. The average Bonchev–Trinajstić information content (AvgIpc) is 3.34. The highest BCUT2D eigenvalue weighted by molar-refractivity contribution is 14.0. The number of nitrogens with zero attached hydrogens (tertiary/aromatic N) is 3. The van der Waals surface area contributed by atoms with E-state index in [2.05, 4.69) is 32.6 Å². The topological polar surface area (TPSA) is 88.4 Å². The maximum Gasteiger partial charge on any atom is 0.191 e. The molecular formula is C21H32IN5O2S. The number of benzene rings is 1. The van der Waals surface area contributed by atoms with Gasteiger partial charge in [0.05, 0.1) is 29.7 Å². The van der Waals surface area contributed by atoms with Crippen molar-refractivity contribution in [3.63, 3.8) is 0 Å². The van der Waals surface area contributed by atoms with Gasteiger partial charge in [0.1, 0.15) is 0 Å². The van der Waals surface area contributed by atoms with Crippen molar-refractivity contribution in [1.82, 2.24) is 20.4 Å². The molecule has 1 aromatic carbocycles. The second-order valence-electron chi connectivity index (χ2n) is 7.65. The van der Waals surface area contributed by atoms with E-state index < -0.39 is 9.84 Å². The highest BCUT2D eigenvalue weighted by Gasteiger charge is 2.17. The number of hydrogen-bond donors (Lipinski definition) is 2. The maximum atomic E-state index is 11.8. The lowest BCUT2D eigenvalue weighted by atomic mass is 10.1. The maximum absolute atomic E-state index is 11.8. The predicted octanol–water partition coefficient (Wildman–Crippen LogP) is 3.58. The predicted molar refractivity (Wildman–Crippen MR) is 131 cm³/mol. The lowest BCUT2D eigenvalue weighted by Crippen LogP contribution is -2.36. The van der Waals surface area contributed by atoms with Crippen LogP contribution in [-0.4, -0.2) is 37.0 Å². The van der Waals surface area contributed by atoms with Gasteiger partial charge in [0.15, 0.2) is 15.8 Å². The van der Waals surface area contributed by atoms with Crippen LogP contribution in [0.5, 0.6) is 0 Å². The molecule has 1 aliphatic rings. The molecule has 1 fully saturated rings. The van der Waals surface area contributed by atoms with E-state index in [1.54, 1.807) is 6.07 Å². The Hall–Kier alpha value is -1.62. The van der Waals surface area contributed by atoms with Crippen LogP contribution in [0.4, 0.5) is 0 Å². The van der Waals surface area contributed by atoms with E-state index in [4.69, 9.17) is 5.10 Å². The first-order chi connectivity index (χ1) is 13.9. The Labute approximate surface area is 196 Å². The minimum atomic E-state index is -3.20. The summed E-state index contributed by atoms with van der Waals surface area (Å²) in [4.78, 5) is 5.00. The second-order valence-corrected chi connectivity index (χ2v) is 9.63. The lowest BCUT2D eigenvalue weighted by Gasteiger charge is -2.11. The van der Waals surface area contributed by atoms with Crippen LogP contribution in [0, 0.1) is 6.92 Å². The van der Waals surface area contributed by atoms with Crippen molar-refractivity contribution >= 4 is 39.8 Å². The van der Waals surface area contributed by atoms with Crippen LogP contribution >= 0.6 is 24.0 Å². The fourth-order valence-electron chi connectivity index (χ4n) is 3.76. The molecule has 0 saturated heterocycles. The summed E-state index contributed by atoms with van der Waals surface area (Å²) in [6, 6.07) is 7.96. The van der Waals surface area contributed by atoms with Crippen molar-refractivity contribution in [1.29, 1.82) is 0 Å². The number of guanidine groups is 1. The first-order valence-electron chi connectivity index (χ1n) is 10.2. The minimum absolute atomic E-state index is 0. The summed E-state index contributed by atoms with van der Waals surface area (Å²) in [5.74, 6) is 0.716. The molecule has 0 atom stereocenters. The van der Waals surface area contributed by atoms with Crippen LogP contribution in [0.3, 0.4) is 0 Å². The van der Waals surface area contributed by atoms with Crippen molar-refractivity contribution < 1.29 is 8.42 Å². The molecule has 0 unspecified atom stereocenters. The summed E-state index contributed by atoms with van der Waals surface area (Å²) in [6.45, 7) is 5.67. The molecule has 0 spiro atoms. The number of sulfone groups is 1. The van der Waals surface area contributed by atoms with Crippen LogP contribution in [0.25, 0.3) is 0 Å². The number of hydrogen-bond acceptors (Lipinski definition) is 4. The number of rotatable bonds is 7. The summed E-state index contributed by atoms with van der Waals surface area (Å²) < 4.78 is 25.6. The molecule has 0 aliphatic heterocycles. The third-order valence-corrected chi connectivity index (χ3v) is 6.46. The lowest BCUT2D eigenvalue weighted by molar-refractivity contribution is 0.462. The first-order valence-corrected chi connectivity index (χ1v) is 12.1. The summed E-state index contributed by atoms with van der Waals surface area (Å²) in [5, 5.41) is 11.3. The van der Waals surface area contributed by atoms with Gasteiger partial charge >= 0.3 is 0 Å². The van der Waals surface area contributed by atoms with Gasteiger partial charge in [-0.2, -0.15) is 5.10 Å². The Morgan fingerprint density at radius 3 is 2.60 bits per heavy atom. The zero-order valence-electron chi connectivity index (χ0n) is 17.9. The van der Waals surface area contributed by atoms with Crippen molar-refractivity contribution in [3.8, 4) is 0 Å². The molecule has 2 aromatic rings. The average molecular weight is 545 g/mol. The van der Waals surface area contributed by atoms with Crippen LogP contribution in [-0.2, 0) is 22.9 Å². The summed E-state index contributed by atoms with van der Waals surface area (Å²) in [5.41, 5.74) is 2.71. The quantitative estimate of drug-likeness (QED) is 0.316. The van der Waals surface area contributed by atoms with Crippen molar-refractivity contribution in [2.24, 2.45) is 4.99 Å². The number of aliphatic imine (C=N–C) groups is 1. The molecule has 0 radical (unpaired) electrons. The zero-order chi connectivity index (χ0) is 20.9. The van der Waals surface area contributed by atoms with Gasteiger partial charge in [0.25, 0.3) is 0 Å². The molecule has 0 bridgehead atoms. The summed E-state index contributed by atoms with van der Waals surface area (Å²) in [7, 11) is -3.20.